The second kappa shape index (κ2) is 9.63. The number of hydrogen-bond acceptors (Lipinski definition) is 5. The highest BCUT2D eigenvalue weighted by Crippen LogP contribution is 2.41. The summed E-state index contributed by atoms with van der Waals surface area (Å²) in [6, 6.07) is 20.8. The van der Waals surface area contributed by atoms with Gasteiger partial charge in [-0.25, -0.2) is 14.2 Å². The van der Waals surface area contributed by atoms with E-state index in [4.69, 9.17) is 14.2 Å². The van der Waals surface area contributed by atoms with E-state index in [0.29, 0.717) is 23.7 Å². The second-order valence-electron chi connectivity index (χ2n) is 9.25. The van der Waals surface area contributed by atoms with Crippen LogP contribution in [0.15, 0.2) is 82.2 Å². The number of aromatic amines is 1. The van der Waals surface area contributed by atoms with Crippen molar-refractivity contribution in [1.29, 1.82) is 0 Å². The smallest absolute Gasteiger partial charge is 0.439 e. The first-order valence-electron chi connectivity index (χ1n) is 12.4. The standard InChI is InChI=1S/C30H25FN4O3/c1-3-27-32-25(20-7-5-4-6-8-20)16-35(27)15-19-9-11-23-21(13-19)17-37-26-14-22(31)10-12-24(26)28(23)18(2)29-33-30(36)38-34-29/h4-14,16H,3,15,17H2,1-2H3,(H,33,34,36). The van der Waals surface area contributed by atoms with E-state index in [2.05, 4.69) is 52.1 Å². The summed E-state index contributed by atoms with van der Waals surface area (Å²) in [5.41, 5.74) is 7.19. The number of allylic oxidation sites excluding steroid dienone is 1. The van der Waals surface area contributed by atoms with Crippen molar-refractivity contribution in [3.8, 4) is 17.0 Å². The zero-order chi connectivity index (χ0) is 26.2. The summed E-state index contributed by atoms with van der Waals surface area (Å²) in [6.45, 7) is 4.87. The number of nitrogens with one attached hydrogen (secondary N) is 1. The molecule has 0 bridgehead atoms. The molecule has 2 aromatic heterocycles. The summed E-state index contributed by atoms with van der Waals surface area (Å²) in [6.07, 6.45) is 2.90. The lowest BCUT2D eigenvalue weighted by molar-refractivity contribution is 0.305. The third-order valence-corrected chi connectivity index (χ3v) is 6.80. The molecule has 1 aliphatic rings. The van der Waals surface area contributed by atoms with Crippen LogP contribution in [0.5, 0.6) is 5.75 Å². The zero-order valence-electron chi connectivity index (χ0n) is 21.0. The Morgan fingerprint density at radius 1 is 1.08 bits per heavy atom. The summed E-state index contributed by atoms with van der Waals surface area (Å²) in [4.78, 5) is 19.1. The van der Waals surface area contributed by atoms with E-state index in [9.17, 15) is 9.18 Å². The van der Waals surface area contributed by atoms with Gasteiger partial charge >= 0.3 is 5.76 Å². The van der Waals surface area contributed by atoms with Crippen molar-refractivity contribution < 1.29 is 13.7 Å². The third kappa shape index (κ3) is 4.34. The number of rotatable bonds is 5. The fourth-order valence-corrected chi connectivity index (χ4v) is 4.96. The van der Waals surface area contributed by atoms with Crippen LogP contribution in [0, 0.1) is 5.82 Å². The van der Waals surface area contributed by atoms with Crippen LogP contribution >= 0.6 is 0 Å². The highest BCUT2D eigenvalue weighted by Gasteiger charge is 2.24. The Balaban J connectivity index is 1.43. The van der Waals surface area contributed by atoms with Crippen molar-refractivity contribution in [1.82, 2.24) is 19.7 Å². The molecule has 0 amide bonds. The lowest BCUT2D eigenvalue weighted by atomic mass is 9.89. The van der Waals surface area contributed by atoms with Crippen molar-refractivity contribution in [2.75, 3.05) is 0 Å². The fraction of sp³-hybridized carbons (Fsp3) is 0.167. The van der Waals surface area contributed by atoms with Crippen LogP contribution in [0.25, 0.3) is 22.4 Å². The number of fused-ring (bicyclic) bond motifs is 2. The van der Waals surface area contributed by atoms with Crippen molar-refractivity contribution >= 4 is 11.1 Å². The molecule has 6 rings (SSSR count). The van der Waals surface area contributed by atoms with E-state index < -0.39 is 5.76 Å². The average Bonchev–Trinajstić information content (AvgIpc) is 3.51. The lowest BCUT2D eigenvalue weighted by Crippen LogP contribution is -2.05. The number of ether oxygens (including phenoxy) is 1. The highest BCUT2D eigenvalue weighted by atomic mass is 19.1. The minimum atomic E-state index is -0.637. The molecule has 1 aliphatic heterocycles. The van der Waals surface area contributed by atoms with Gasteiger partial charge in [0.1, 0.15) is 24.0 Å². The van der Waals surface area contributed by atoms with Crippen LogP contribution in [0.1, 0.15) is 47.8 Å². The largest absolute Gasteiger partial charge is 0.488 e. The van der Waals surface area contributed by atoms with Crippen LogP contribution in [-0.2, 0) is 19.6 Å². The van der Waals surface area contributed by atoms with Gasteiger partial charge in [-0.2, -0.15) is 0 Å². The van der Waals surface area contributed by atoms with Gasteiger partial charge < -0.3 is 9.30 Å². The summed E-state index contributed by atoms with van der Waals surface area (Å²) in [7, 11) is 0. The van der Waals surface area contributed by atoms with E-state index in [1.807, 2.05) is 31.2 Å². The molecular formula is C30H25FN4O3. The minimum absolute atomic E-state index is 0.269. The number of hydrogen-bond donors (Lipinski definition) is 1. The summed E-state index contributed by atoms with van der Waals surface area (Å²) >= 11 is 0. The normalized spacial score (nSPS) is 13.9. The molecule has 0 saturated heterocycles. The number of halogens is 1. The second-order valence-corrected chi connectivity index (χ2v) is 9.25. The van der Waals surface area contributed by atoms with E-state index in [0.717, 1.165) is 51.3 Å². The summed E-state index contributed by atoms with van der Waals surface area (Å²) in [5, 5.41) is 3.88. The monoisotopic (exact) mass is 508 g/mol. The molecular weight excluding hydrogens is 483 g/mol. The summed E-state index contributed by atoms with van der Waals surface area (Å²) < 4.78 is 27.1. The maximum absolute atomic E-state index is 14.1. The maximum Gasteiger partial charge on any atom is 0.439 e. The van der Waals surface area contributed by atoms with Crippen molar-refractivity contribution in [3.05, 3.63) is 123 Å². The maximum atomic E-state index is 14.1. The third-order valence-electron chi connectivity index (χ3n) is 6.80. The van der Waals surface area contributed by atoms with Crippen LogP contribution in [0.3, 0.4) is 0 Å². The first-order valence-corrected chi connectivity index (χ1v) is 12.4. The van der Waals surface area contributed by atoms with E-state index in [-0.39, 0.29) is 12.4 Å². The van der Waals surface area contributed by atoms with Gasteiger partial charge in [0.2, 0.25) is 0 Å². The van der Waals surface area contributed by atoms with Gasteiger partial charge in [0.05, 0.1) is 5.69 Å². The van der Waals surface area contributed by atoms with Gasteiger partial charge in [-0.1, -0.05) is 54.5 Å². The Labute approximate surface area is 218 Å². The van der Waals surface area contributed by atoms with Crippen LogP contribution < -0.4 is 10.5 Å². The van der Waals surface area contributed by atoms with Gasteiger partial charge in [-0.05, 0) is 47.4 Å². The Morgan fingerprint density at radius 3 is 2.66 bits per heavy atom. The molecule has 190 valence electrons. The molecule has 0 atom stereocenters. The summed E-state index contributed by atoms with van der Waals surface area (Å²) in [5.74, 6) is 0.727. The highest BCUT2D eigenvalue weighted by molar-refractivity contribution is 5.99. The van der Waals surface area contributed by atoms with Gasteiger partial charge in [0.25, 0.3) is 0 Å². The van der Waals surface area contributed by atoms with Gasteiger partial charge in [-0.3, -0.25) is 9.51 Å². The Morgan fingerprint density at radius 2 is 1.89 bits per heavy atom. The number of aromatic nitrogens is 4. The number of nitrogens with zero attached hydrogens (tertiary/aromatic N) is 3. The van der Waals surface area contributed by atoms with E-state index in [1.54, 1.807) is 6.07 Å². The lowest BCUT2D eigenvalue weighted by Gasteiger charge is -2.15. The Bertz CT molecular complexity index is 1730. The molecule has 8 heteroatoms. The zero-order valence-corrected chi connectivity index (χ0v) is 21.0. The molecule has 0 radical (unpaired) electrons. The first-order chi connectivity index (χ1) is 18.5. The van der Waals surface area contributed by atoms with Gasteiger partial charge in [-0.15, -0.1) is 0 Å². The quantitative estimate of drug-likeness (QED) is 0.322. The molecule has 0 spiro atoms. The van der Waals surface area contributed by atoms with Gasteiger partial charge in [0.15, 0.2) is 5.82 Å². The Hall–Kier alpha value is -4.72. The van der Waals surface area contributed by atoms with Crippen molar-refractivity contribution in [2.45, 2.75) is 33.4 Å². The molecule has 1 N–H and O–H groups in total. The van der Waals surface area contributed by atoms with Crippen LogP contribution in [0.4, 0.5) is 4.39 Å². The number of imidazole rings is 1. The number of benzene rings is 3. The van der Waals surface area contributed by atoms with Crippen molar-refractivity contribution in [2.24, 2.45) is 0 Å². The van der Waals surface area contributed by atoms with Gasteiger partial charge in [0, 0.05) is 41.9 Å². The van der Waals surface area contributed by atoms with Crippen molar-refractivity contribution in [3.63, 3.8) is 0 Å². The topological polar surface area (TPSA) is 85.9 Å². The fourth-order valence-electron chi connectivity index (χ4n) is 4.96. The average molecular weight is 509 g/mol. The van der Waals surface area contributed by atoms with E-state index in [1.165, 1.54) is 12.1 Å². The number of H-pyrrole nitrogens is 1. The molecule has 3 heterocycles. The predicted octanol–water partition coefficient (Wildman–Crippen LogP) is 5.85. The molecule has 0 saturated carbocycles. The molecule has 0 fully saturated rings. The minimum Gasteiger partial charge on any atom is -0.488 e. The molecule has 38 heavy (non-hydrogen) atoms. The molecule has 3 aromatic carbocycles. The molecule has 0 unspecified atom stereocenters. The predicted molar refractivity (Wildman–Crippen MR) is 142 cm³/mol. The van der Waals surface area contributed by atoms with Crippen LogP contribution in [-0.4, -0.2) is 19.7 Å². The van der Waals surface area contributed by atoms with Crippen LogP contribution in [0.2, 0.25) is 0 Å². The number of aryl methyl sites for hydroxylation is 1. The SMILES string of the molecule is CCc1nc(-c2ccccc2)cn1Cc1ccc2c(c1)COc1cc(F)ccc1C2=C(C)c1noc(=O)[nH]1. The molecule has 0 aliphatic carbocycles. The first kappa shape index (κ1) is 23.7. The molecule has 7 nitrogen and oxygen atoms in total. The Kier molecular flexibility index (Phi) is 5.99. The molecule has 5 aromatic rings. The van der Waals surface area contributed by atoms with E-state index >= 15 is 0 Å².